The lowest BCUT2D eigenvalue weighted by Crippen LogP contribution is -2.14. The maximum Gasteiger partial charge on any atom is 0.140 e. The summed E-state index contributed by atoms with van der Waals surface area (Å²) in [4.78, 5) is 3.94. The van der Waals surface area contributed by atoms with Gasteiger partial charge < -0.3 is 5.32 Å². The van der Waals surface area contributed by atoms with Crippen LogP contribution in [0.4, 0.5) is 8.78 Å². The maximum atomic E-state index is 14.1. The molecule has 2 aromatic rings. The Balaban J connectivity index is 2.19. The summed E-state index contributed by atoms with van der Waals surface area (Å²) in [7, 11) is 0. The van der Waals surface area contributed by atoms with Crippen LogP contribution in [-0.2, 0) is 6.54 Å². The predicted octanol–water partition coefficient (Wildman–Crippen LogP) is 4.66. The minimum atomic E-state index is -0.602. The van der Waals surface area contributed by atoms with Gasteiger partial charge in [-0.3, -0.25) is 0 Å². The highest BCUT2D eigenvalue weighted by atomic mass is 35.5. The first-order valence-corrected chi connectivity index (χ1v) is 7.78. The van der Waals surface area contributed by atoms with Gasteiger partial charge in [-0.15, -0.1) is 0 Å². The molecule has 6 heteroatoms. The molecule has 0 aliphatic rings. The fourth-order valence-corrected chi connectivity index (χ4v) is 2.79. The average molecular weight is 329 g/mol. The van der Waals surface area contributed by atoms with Crippen molar-refractivity contribution in [2.24, 2.45) is 0 Å². The van der Waals surface area contributed by atoms with E-state index in [4.69, 9.17) is 11.6 Å². The summed E-state index contributed by atoms with van der Waals surface area (Å²) >= 11 is 6.85. The summed E-state index contributed by atoms with van der Waals surface area (Å²) in [6, 6.07) is 5.98. The van der Waals surface area contributed by atoms with E-state index in [1.54, 1.807) is 12.1 Å². The van der Waals surface area contributed by atoms with Crippen LogP contribution in [0.5, 0.6) is 0 Å². The summed E-state index contributed by atoms with van der Waals surface area (Å²) in [5.41, 5.74) is 0.579. The van der Waals surface area contributed by atoms with Gasteiger partial charge in [-0.2, -0.15) is 0 Å². The van der Waals surface area contributed by atoms with E-state index in [9.17, 15) is 8.78 Å². The second kappa shape index (κ2) is 7.73. The Kier molecular flexibility index (Phi) is 5.96. The van der Waals surface area contributed by atoms with E-state index in [2.05, 4.69) is 10.3 Å². The fraction of sp³-hybridized carbons (Fsp3) is 0.267. The van der Waals surface area contributed by atoms with Crippen molar-refractivity contribution in [2.45, 2.75) is 29.8 Å². The molecular formula is C15H15ClF2N2S. The summed E-state index contributed by atoms with van der Waals surface area (Å²) in [5.74, 6) is -1.20. The number of aromatic nitrogens is 1. The van der Waals surface area contributed by atoms with Crippen molar-refractivity contribution in [3.05, 3.63) is 52.7 Å². The topological polar surface area (TPSA) is 24.9 Å². The lowest BCUT2D eigenvalue weighted by molar-refractivity contribution is 0.534. The Labute approximate surface area is 131 Å². The van der Waals surface area contributed by atoms with Crippen LogP contribution in [0.25, 0.3) is 0 Å². The number of halogens is 3. The van der Waals surface area contributed by atoms with Crippen molar-refractivity contribution in [1.29, 1.82) is 0 Å². The van der Waals surface area contributed by atoms with Gasteiger partial charge >= 0.3 is 0 Å². The van der Waals surface area contributed by atoms with Gasteiger partial charge in [0.25, 0.3) is 0 Å². The minimum absolute atomic E-state index is 0.0881. The number of rotatable bonds is 6. The Morgan fingerprint density at radius 2 is 2.00 bits per heavy atom. The van der Waals surface area contributed by atoms with Crippen LogP contribution in [0, 0.1) is 11.6 Å². The summed E-state index contributed by atoms with van der Waals surface area (Å²) in [6.07, 6.45) is 2.50. The molecule has 0 saturated carbocycles. The molecule has 1 aromatic carbocycles. The second-order valence-corrected chi connectivity index (χ2v) is 5.86. The molecule has 0 spiro atoms. The SMILES string of the molecule is CCCNCc1cc(F)c(Sc2ncccc2Cl)c(F)c1. The molecule has 0 aliphatic carbocycles. The molecule has 0 amide bonds. The molecule has 0 saturated heterocycles. The van der Waals surface area contributed by atoms with Crippen LogP contribution in [0.1, 0.15) is 18.9 Å². The van der Waals surface area contributed by atoms with E-state index in [0.29, 0.717) is 22.2 Å². The Bertz CT molecular complexity index is 599. The van der Waals surface area contributed by atoms with Gasteiger partial charge in [-0.1, -0.05) is 30.3 Å². The van der Waals surface area contributed by atoms with Gasteiger partial charge in [0.05, 0.1) is 9.92 Å². The molecule has 21 heavy (non-hydrogen) atoms. The highest BCUT2D eigenvalue weighted by Crippen LogP contribution is 2.35. The van der Waals surface area contributed by atoms with Gasteiger partial charge in [0.15, 0.2) is 0 Å². The number of pyridine rings is 1. The first-order valence-electron chi connectivity index (χ1n) is 6.58. The van der Waals surface area contributed by atoms with Crippen molar-refractivity contribution < 1.29 is 8.78 Å². The zero-order valence-electron chi connectivity index (χ0n) is 11.5. The Morgan fingerprint density at radius 1 is 1.29 bits per heavy atom. The fourth-order valence-electron chi connectivity index (χ4n) is 1.76. The third-order valence-corrected chi connectivity index (χ3v) is 4.27. The molecule has 0 bridgehead atoms. The number of hydrogen-bond acceptors (Lipinski definition) is 3. The second-order valence-electron chi connectivity index (χ2n) is 4.46. The molecule has 0 fully saturated rings. The summed E-state index contributed by atoms with van der Waals surface area (Å²) in [5, 5.41) is 3.86. The molecule has 2 rings (SSSR count). The standard InChI is InChI=1S/C15H15ClF2N2S/c1-2-5-19-9-10-7-12(17)14(13(18)8-10)21-15-11(16)4-3-6-20-15/h3-4,6-8,19H,2,5,9H2,1H3. The van der Waals surface area contributed by atoms with Crippen LogP contribution in [-0.4, -0.2) is 11.5 Å². The highest BCUT2D eigenvalue weighted by molar-refractivity contribution is 7.99. The maximum absolute atomic E-state index is 14.1. The first kappa shape index (κ1) is 16.2. The van der Waals surface area contributed by atoms with Crippen LogP contribution in [0.15, 0.2) is 40.4 Å². The third kappa shape index (κ3) is 4.40. The highest BCUT2D eigenvalue weighted by Gasteiger charge is 2.15. The van der Waals surface area contributed by atoms with Gasteiger partial charge in [0.1, 0.15) is 16.7 Å². The number of nitrogens with zero attached hydrogens (tertiary/aromatic N) is 1. The monoisotopic (exact) mass is 328 g/mol. The van der Waals surface area contributed by atoms with E-state index in [1.165, 1.54) is 18.3 Å². The lowest BCUT2D eigenvalue weighted by atomic mass is 10.2. The van der Waals surface area contributed by atoms with E-state index in [-0.39, 0.29) is 4.90 Å². The third-order valence-electron chi connectivity index (χ3n) is 2.74. The van der Waals surface area contributed by atoms with Gasteiger partial charge in [0.2, 0.25) is 0 Å². The van der Waals surface area contributed by atoms with Crippen molar-refractivity contribution in [1.82, 2.24) is 10.3 Å². The quantitative estimate of drug-likeness (QED) is 0.780. The van der Waals surface area contributed by atoms with Crippen molar-refractivity contribution in [3.8, 4) is 0 Å². The zero-order chi connectivity index (χ0) is 15.2. The minimum Gasteiger partial charge on any atom is -0.313 e. The van der Waals surface area contributed by atoms with E-state index < -0.39 is 11.6 Å². The lowest BCUT2D eigenvalue weighted by Gasteiger charge is -2.09. The zero-order valence-corrected chi connectivity index (χ0v) is 13.1. The molecule has 1 heterocycles. The molecule has 0 aliphatic heterocycles. The number of nitrogens with one attached hydrogen (secondary N) is 1. The number of benzene rings is 1. The van der Waals surface area contributed by atoms with Crippen LogP contribution < -0.4 is 5.32 Å². The van der Waals surface area contributed by atoms with Crippen molar-refractivity contribution >= 4 is 23.4 Å². The normalized spacial score (nSPS) is 10.9. The van der Waals surface area contributed by atoms with Crippen molar-refractivity contribution in [3.63, 3.8) is 0 Å². The Hall–Kier alpha value is -1.17. The van der Waals surface area contributed by atoms with Crippen LogP contribution in [0.2, 0.25) is 5.02 Å². The summed E-state index contributed by atoms with van der Waals surface area (Å²) < 4.78 is 28.2. The smallest absolute Gasteiger partial charge is 0.140 e. The molecule has 1 aromatic heterocycles. The molecule has 0 radical (unpaired) electrons. The van der Waals surface area contributed by atoms with E-state index >= 15 is 0 Å². The van der Waals surface area contributed by atoms with E-state index in [1.807, 2.05) is 6.92 Å². The molecule has 2 nitrogen and oxygen atoms in total. The summed E-state index contributed by atoms with van der Waals surface area (Å²) in [6.45, 7) is 3.28. The van der Waals surface area contributed by atoms with Gasteiger partial charge in [-0.05, 0) is 42.8 Å². The van der Waals surface area contributed by atoms with Crippen LogP contribution in [0.3, 0.4) is 0 Å². The molecule has 0 unspecified atom stereocenters. The Morgan fingerprint density at radius 3 is 2.62 bits per heavy atom. The van der Waals surface area contributed by atoms with E-state index in [0.717, 1.165) is 24.7 Å². The van der Waals surface area contributed by atoms with Crippen molar-refractivity contribution in [2.75, 3.05) is 6.54 Å². The first-order chi connectivity index (χ1) is 10.1. The largest absolute Gasteiger partial charge is 0.313 e. The van der Waals surface area contributed by atoms with Crippen LogP contribution >= 0.6 is 23.4 Å². The van der Waals surface area contributed by atoms with Gasteiger partial charge in [0, 0.05) is 12.7 Å². The molecule has 0 atom stereocenters. The predicted molar refractivity (Wildman–Crippen MR) is 81.7 cm³/mol. The van der Waals surface area contributed by atoms with Gasteiger partial charge in [-0.25, -0.2) is 13.8 Å². The molecule has 1 N–H and O–H groups in total. The molecule has 112 valence electrons. The number of hydrogen-bond donors (Lipinski definition) is 1. The average Bonchev–Trinajstić information content (AvgIpc) is 2.45. The molecular weight excluding hydrogens is 314 g/mol.